The fourth-order valence-electron chi connectivity index (χ4n) is 2.20. The van der Waals surface area contributed by atoms with E-state index in [0.29, 0.717) is 5.56 Å². The molecule has 0 aromatic carbocycles. The van der Waals surface area contributed by atoms with Crippen LogP contribution < -0.4 is 16.2 Å². The predicted octanol–water partition coefficient (Wildman–Crippen LogP) is 0.665. The summed E-state index contributed by atoms with van der Waals surface area (Å²) < 4.78 is 3.55. The van der Waals surface area contributed by atoms with Crippen LogP contribution in [0.3, 0.4) is 0 Å². The Morgan fingerprint density at radius 1 is 1.42 bits per heavy atom. The van der Waals surface area contributed by atoms with Crippen LogP contribution in [0.5, 0.6) is 0 Å². The molecule has 0 fully saturated rings. The molecule has 1 aliphatic rings. The number of anilines is 1. The summed E-state index contributed by atoms with van der Waals surface area (Å²) in [4.78, 5) is 24.0. The van der Waals surface area contributed by atoms with Gasteiger partial charge < -0.3 is 10.6 Å². The van der Waals surface area contributed by atoms with Gasteiger partial charge in [0.2, 0.25) is 5.91 Å². The molecule has 0 saturated carbocycles. The van der Waals surface area contributed by atoms with Gasteiger partial charge in [-0.2, -0.15) is 0 Å². The van der Waals surface area contributed by atoms with Crippen molar-refractivity contribution in [3.63, 3.8) is 0 Å². The monoisotopic (exact) mass is 266 g/mol. The Kier molecular flexibility index (Phi) is 3.43. The number of hydrogen-bond acceptors (Lipinski definition) is 3. The fourth-order valence-corrected chi connectivity index (χ4v) is 2.20. The van der Waals surface area contributed by atoms with E-state index in [9.17, 15) is 9.59 Å². The maximum atomic E-state index is 12.2. The SMILES string of the molecule is Cn1c(=O)c(CNC(=O)C(C)(C)C)c2n1CCCN2. The minimum atomic E-state index is -0.446. The molecular weight excluding hydrogens is 244 g/mol. The van der Waals surface area contributed by atoms with E-state index in [1.165, 1.54) is 0 Å². The van der Waals surface area contributed by atoms with Gasteiger partial charge in [-0.1, -0.05) is 20.8 Å². The van der Waals surface area contributed by atoms with Gasteiger partial charge in [-0.25, -0.2) is 0 Å². The molecule has 6 heteroatoms. The van der Waals surface area contributed by atoms with Crippen LogP contribution in [-0.4, -0.2) is 21.8 Å². The number of nitrogens with one attached hydrogen (secondary N) is 2. The Morgan fingerprint density at radius 2 is 2.11 bits per heavy atom. The van der Waals surface area contributed by atoms with Crippen LogP contribution in [-0.2, 0) is 24.9 Å². The van der Waals surface area contributed by atoms with E-state index in [0.717, 1.165) is 25.3 Å². The smallest absolute Gasteiger partial charge is 0.273 e. The summed E-state index contributed by atoms with van der Waals surface area (Å²) in [5.74, 6) is 0.790. The number of carbonyl (C=O) groups is 1. The van der Waals surface area contributed by atoms with Crippen LogP contribution in [0.15, 0.2) is 4.79 Å². The topological polar surface area (TPSA) is 68.1 Å². The first-order valence-corrected chi connectivity index (χ1v) is 6.63. The molecule has 1 amide bonds. The van der Waals surface area contributed by atoms with E-state index in [-0.39, 0.29) is 18.0 Å². The van der Waals surface area contributed by atoms with Crippen LogP contribution in [0.2, 0.25) is 0 Å². The highest BCUT2D eigenvalue weighted by molar-refractivity contribution is 5.81. The molecule has 0 unspecified atom stereocenters. The molecule has 1 aromatic rings. The summed E-state index contributed by atoms with van der Waals surface area (Å²) in [6, 6.07) is 0. The van der Waals surface area contributed by atoms with Crippen molar-refractivity contribution in [2.75, 3.05) is 11.9 Å². The summed E-state index contributed by atoms with van der Waals surface area (Å²) >= 11 is 0. The van der Waals surface area contributed by atoms with Gasteiger partial charge in [0.15, 0.2) is 0 Å². The first-order valence-electron chi connectivity index (χ1n) is 6.63. The highest BCUT2D eigenvalue weighted by Gasteiger charge is 2.24. The lowest BCUT2D eigenvalue weighted by molar-refractivity contribution is -0.128. The van der Waals surface area contributed by atoms with Crippen LogP contribution in [0.1, 0.15) is 32.8 Å². The minimum absolute atomic E-state index is 0.0430. The van der Waals surface area contributed by atoms with Crippen LogP contribution in [0, 0.1) is 5.41 Å². The van der Waals surface area contributed by atoms with Gasteiger partial charge in [0.25, 0.3) is 5.56 Å². The molecule has 0 saturated heterocycles. The Bertz CT molecular complexity index is 548. The molecule has 0 bridgehead atoms. The summed E-state index contributed by atoms with van der Waals surface area (Å²) in [5, 5.41) is 6.08. The molecule has 0 radical (unpaired) electrons. The van der Waals surface area contributed by atoms with Crippen molar-refractivity contribution in [1.29, 1.82) is 0 Å². The third-order valence-corrected chi connectivity index (χ3v) is 3.40. The Balaban J connectivity index is 2.22. The van der Waals surface area contributed by atoms with Crippen LogP contribution >= 0.6 is 0 Å². The summed E-state index contributed by atoms with van der Waals surface area (Å²) in [5.41, 5.74) is 0.150. The van der Waals surface area contributed by atoms with Gasteiger partial charge >= 0.3 is 0 Å². The number of nitrogens with zero attached hydrogens (tertiary/aromatic N) is 2. The third kappa shape index (κ3) is 2.52. The maximum Gasteiger partial charge on any atom is 0.273 e. The van der Waals surface area contributed by atoms with Crippen molar-refractivity contribution in [3.8, 4) is 0 Å². The van der Waals surface area contributed by atoms with Gasteiger partial charge in [-0.15, -0.1) is 0 Å². The third-order valence-electron chi connectivity index (χ3n) is 3.40. The van der Waals surface area contributed by atoms with Gasteiger partial charge in [0.1, 0.15) is 5.82 Å². The number of fused-ring (bicyclic) bond motifs is 1. The van der Waals surface area contributed by atoms with Crippen LogP contribution in [0.25, 0.3) is 0 Å². The highest BCUT2D eigenvalue weighted by Crippen LogP contribution is 2.18. The van der Waals surface area contributed by atoms with Gasteiger partial charge in [-0.05, 0) is 6.42 Å². The number of carbonyl (C=O) groups excluding carboxylic acids is 1. The van der Waals surface area contributed by atoms with Crippen molar-refractivity contribution in [1.82, 2.24) is 14.7 Å². The lowest BCUT2D eigenvalue weighted by Crippen LogP contribution is -2.35. The molecule has 0 spiro atoms. The largest absolute Gasteiger partial charge is 0.370 e. The molecule has 106 valence electrons. The van der Waals surface area contributed by atoms with Crippen molar-refractivity contribution in [3.05, 3.63) is 15.9 Å². The highest BCUT2D eigenvalue weighted by atomic mass is 16.2. The molecule has 2 heterocycles. The van der Waals surface area contributed by atoms with E-state index in [2.05, 4.69) is 10.6 Å². The average Bonchev–Trinajstić information content (AvgIpc) is 2.59. The van der Waals surface area contributed by atoms with E-state index < -0.39 is 5.41 Å². The van der Waals surface area contributed by atoms with Gasteiger partial charge in [0.05, 0.1) is 12.1 Å². The average molecular weight is 266 g/mol. The zero-order valence-electron chi connectivity index (χ0n) is 12.0. The van der Waals surface area contributed by atoms with Gasteiger partial charge in [-0.3, -0.25) is 19.0 Å². The summed E-state index contributed by atoms with van der Waals surface area (Å²) in [6.45, 7) is 7.54. The first-order chi connectivity index (χ1) is 8.82. The van der Waals surface area contributed by atoms with Crippen molar-refractivity contribution < 1.29 is 4.79 Å². The Hall–Kier alpha value is -1.72. The second-order valence-electron chi connectivity index (χ2n) is 5.99. The quantitative estimate of drug-likeness (QED) is 0.826. The zero-order chi connectivity index (χ0) is 14.2. The summed E-state index contributed by atoms with van der Waals surface area (Å²) in [6.07, 6.45) is 1.00. The predicted molar refractivity (Wildman–Crippen MR) is 74.1 cm³/mol. The fraction of sp³-hybridized carbons (Fsp3) is 0.692. The van der Waals surface area contributed by atoms with E-state index >= 15 is 0 Å². The lowest BCUT2D eigenvalue weighted by atomic mass is 9.96. The zero-order valence-corrected chi connectivity index (χ0v) is 12.0. The second kappa shape index (κ2) is 4.75. The van der Waals surface area contributed by atoms with E-state index in [4.69, 9.17) is 0 Å². The molecule has 0 atom stereocenters. The van der Waals surface area contributed by atoms with Crippen molar-refractivity contribution in [2.24, 2.45) is 12.5 Å². The molecule has 0 aliphatic carbocycles. The molecule has 2 rings (SSSR count). The molecule has 2 N–H and O–H groups in total. The first kappa shape index (κ1) is 13.7. The number of amides is 1. The summed E-state index contributed by atoms with van der Waals surface area (Å²) in [7, 11) is 1.76. The molecule has 19 heavy (non-hydrogen) atoms. The van der Waals surface area contributed by atoms with Crippen LogP contribution in [0.4, 0.5) is 5.82 Å². The normalized spacial score (nSPS) is 14.7. The van der Waals surface area contributed by atoms with E-state index in [1.54, 1.807) is 11.7 Å². The number of aromatic nitrogens is 2. The Morgan fingerprint density at radius 3 is 2.74 bits per heavy atom. The molecular formula is C13H22N4O2. The number of rotatable bonds is 2. The Labute approximate surface area is 112 Å². The van der Waals surface area contributed by atoms with Crippen molar-refractivity contribution in [2.45, 2.75) is 40.3 Å². The maximum absolute atomic E-state index is 12.2. The lowest BCUT2D eigenvalue weighted by Gasteiger charge is -2.20. The number of hydrogen-bond donors (Lipinski definition) is 2. The van der Waals surface area contributed by atoms with Crippen molar-refractivity contribution >= 4 is 11.7 Å². The second-order valence-corrected chi connectivity index (χ2v) is 5.99. The van der Waals surface area contributed by atoms with Gasteiger partial charge in [0, 0.05) is 25.6 Å². The standard InChI is InChI=1S/C13H22N4O2/c1-13(2,3)12(19)15-8-9-10-14-6-5-7-17(10)16(4)11(9)18/h14H,5-8H2,1-4H3,(H,15,19). The minimum Gasteiger partial charge on any atom is -0.370 e. The molecule has 1 aliphatic heterocycles. The molecule has 1 aromatic heterocycles. The molecule has 6 nitrogen and oxygen atoms in total. The van der Waals surface area contributed by atoms with E-state index in [1.807, 2.05) is 25.5 Å².